The van der Waals surface area contributed by atoms with Crippen LogP contribution in [0.5, 0.6) is 0 Å². The van der Waals surface area contributed by atoms with Gasteiger partial charge in [-0.3, -0.25) is 4.79 Å². The zero-order valence-corrected chi connectivity index (χ0v) is 9.70. The number of furan rings is 2. The molecule has 0 N–H and O–H groups in total. The summed E-state index contributed by atoms with van der Waals surface area (Å²) in [6.45, 7) is 0. The number of rotatable bonds is 2. The van der Waals surface area contributed by atoms with Gasteiger partial charge in [-0.1, -0.05) is 0 Å². The lowest BCUT2D eigenvalue weighted by molar-refractivity contribution is 0.101. The van der Waals surface area contributed by atoms with Gasteiger partial charge in [-0.25, -0.2) is 4.39 Å². The summed E-state index contributed by atoms with van der Waals surface area (Å²) in [7, 11) is 0. The summed E-state index contributed by atoms with van der Waals surface area (Å²) in [6, 6.07) is 6.97. The van der Waals surface area contributed by atoms with Crippen LogP contribution in [0, 0.1) is 5.82 Å². The van der Waals surface area contributed by atoms with Gasteiger partial charge in [-0.05, 0) is 41.9 Å². The highest BCUT2D eigenvalue weighted by Crippen LogP contribution is 2.25. The molecule has 1 aromatic carbocycles. The zero-order valence-electron chi connectivity index (χ0n) is 8.94. The largest absolute Gasteiger partial charge is 0.453 e. The molecular weight excluding hydrogens is 259 g/mol. The molecule has 0 spiro atoms. The number of halogens is 2. The van der Waals surface area contributed by atoms with E-state index in [4.69, 9.17) is 20.4 Å². The molecule has 0 aliphatic rings. The molecule has 3 rings (SSSR count). The molecule has 0 aliphatic carbocycles. The van der Waals surface area contributed by atoms with Crippen LogP contribution in [0.4, 0.5) is 4.39 Å². The minimum Gasteiger partial charge on any atom is -0.453 e. The van der Waals surface area contributed by atoms with Crippen LogP contribution < -0.4 is 0 Å². The van der Waals surface area contributed by atoms with Crippen LogP contribution in [0.15, 0.2) is 45.4 Å². The van der Waals surface area contributed by atoms with Crippen molar-refractivity contribution in [1.29, 1.82) is 0 Å². The van der Waals surface area contributed by atoms with Crippen LogP contribution in [-0.2, 0) is 0 Å². The van der Waals surface area contributed by atoms with E-state index in [2.05, 4.69) is 0 Å². The van der Waals surface area contributed by atoms with Crippen molar-refractivity contribution < 1.29 is 18.0 Å². The van der Waals surface area contributed by atoms with Gasteiger partial charge in [0.05, 0.1) is 11.8 Å². The Labute approximate surface area is 106 Å². The monoisotopic (exact) mass is 264 g/mol. The Kier molecular flexibility index (Phi) is 2.45. The summed E-state index contributed by atoms with van der Waals surface area (Å²) in [5.41, 5.74) is 0.663. The Morgan fingerprint density at radius 3 is 2.78 bits per heavy atom. The Morgan fingerprint density at radius 2 is 2.06 bits per heavy atom. The number of carbonyl (C=O) groups is 1. The molecule has 0 amide bonds. The zero-order chi connectivity index (χ0) is 12.7. The first-order valence-corrected chi connectivity index (χ1v) is 5.50. The topological polar surface area (TPSA) is 43.4 Å². The number of carbonyl (C=O) groups excluding carboxylic acids is 1. The SMILES string of the molecule is O=C(c1cc2cc(F)ccc2o1)c1ccoc1Cl. The molecule has 0 atom stereocenters. The highest BCUT2D eigenvalue weighted by atomic mass is 35.5. The van der Waals surface area contributed by atoms with Crippen molar-refractivity contribution in [2.75, 3.05) is 0 Å². The van der Waals surface area contributed by atoms with Crippen molar-refractivity contribution in [1.82, 2.24) is 0 Å². The summed E-state index contributed by atoms with van der Waals surface area (Å²) >= 11 is 5.72. The van der Waals surface area contributed by atoms with Crippen LogP contribution in [0.3, 0.4) is 0 Å². The summed E-state index contributed by atoms with van der Waals surface area (Å²) in [6.07, 6.45) is 1.32. The Balaban J connectivity index is 2.10. The third-order valence-electron chi connectivity index (χ3n) is 2.56. The third kappa shape index (κ3) is 1.71. The maximum atomic E-state index is 13.0. The van der Waals surface area contributed by atoms with Gasteiger partial charge in [0.1, 0.15) is 11.4 Å². The van der Waals surface area contributed by atoms with Crippen LogP contribution in [0.2, 0.25) is 5.22 Å². The van der Waals surface area contributed by atoms with E-state index in [1.54, 1.807) is 0 Å². The van der Waals surface area contributed by atoms with Gasteiger partial charge in [0.15, 0.2) is 5.76 Å². The van der Waals surface area contributed by atoms with Crippen molar-refractivity contribution in [3.8, 4) is 0 Å². The fourth-order valence-electron chi connectivity index (χ4n) is 1.71. The molecule has 90 valence electrons. The number of fused-ring (bicyclic) bond motifs is 1. The lowest BCUT2D eigenvalue weighted by Gasteiger charge is -1.92. The van der Waals surface area contributed by atoms with Gasteiger partial charge in [0.2, 0.25) is 11.0 Å². The lowest BCUT2D eigenvalue weighted by Crippen LogP contribution is -1.97. The van der Waals surface area contributed by atoms with E-state index >= 15 is 0 Å². The van der Waals surface area contributed by atoms with Crippen LogP contribution in [0.1, 0.15) is 16.1 Å². The molecule has 2 aromatic heterocycles. The Morgan fingerprint density at radius 1 is 1.22 bits per heavy atom. The molecule has 0 fully saturated rings. The minimum absolute atomic E-state index is 0.00615. The van der Waals surface area contributed by atoms with Gasteiger partial charge >= 0.3 is 0 Å². The highest BCUT2D eigenvalue weighted by Gasteiger charge is 2.19. The molecule has 5 heteroatoms. The highest BCUT2D eigenvalue weighted by molar-refractivity contribution is 6.33. The van der Waals surface area contributed by atoms with Crippen molar-refractivity contribution in [2.45, 2.75) is 0 Å². The quantitative estimate of drug-likeness (QED) is 0.656. The molecule has 3 aromatic rings. The van der Waals surface area contributed by atoms with E-state index in [-0.39, 0.29) is 22.4 Å². The van der Waals surface area contributed by atoms with Crippen LogP contribution in [0.25, 0.3) is 11.0 Å². The first-order chi connectivity index (χ1) is 8.65. The molecule has 0 saturated carbocycles. The minimum atomic E-state index is -0.398. The predicted octanol–water partition coefficient (Wildman–Crippen LogP) is 4.05. The van der Waals surface area contributed by atoms with E-state index in [0.717, 1.165) is 0 Å². The first kappa shape index (κ1) is 11.0. The molecule has 0 radical (unpaired) electrons. The smallest absolute Gasteiger partial charge is 0.233 e. The van der Waals surface area contributed by atoms with E-state index in [9.17, 15) is 9.18 Å². The fraction of sp³-hybridized carbons (Fsp3) is 0. The summed E-state index contributed by atoms with van der Waals surface area (Å²) < 4.78 is 23.2. The van der Waals surface area contributed by atoms with Crippen LogP contribution in [-0.4, -0.2) is 5.78 Å². The van der Waals surface area contributed by atoms with Crippen molar-refractivity contribution >= 4 is 28.4 Å². The van der Waals surface area contributed by atoms with E-state index in [1.165, 1.54) is 36.6 Å². The number of hydrogen-bond donors (Lipinski definition) is 0. The number of hydrogen-bond acceptors (Lipinski definition) is 3. The van der Waals surface area contributed by atoms with Crippen molar-refractivity contribution in [3.05, 3.63) is 59.0 Å². The average Bonchev–Trinajstić information content (AvgIpc) is 2.93. The third-order valence-corrected chi connectivity index (χ3v) is 2.86. The summed E-state index contributed by atoms with van der Waals surface area (Å²) in [5, 5.41) is 0.532. The fourth-order valence-corrected chi connectivity index (χ4v) is 1.91. The second-order valence-electron chi connectivity index (χ2n) is 3.73. The van der Waals surface area contributed by atoms with Crippen molar-refractivity contribution in [2.24, 2.45) is 0 Å². The maximum Gasteiger partial charge on any atom is 0.233 e. The Bertz CT molecular complexity index is 742. The maximum absolute atomic E-state index is 13.0. The molecule has 0 aliphatic heterocycles. The van der Waals surface area contributed by atoms with E-state index < -0.39 is 5.78 Å². The number of benzene rings is 1. The van der Waals surface area contributed by atoms with E-state index in [0.29, 0.717) is 11.0 Å². The normalized spacial score (nSPS) is 11.0. The van der Waals surface area contributed by atoms with Gasteiger partial charge < -0.3 is 8.83 Å². The van der Waals surface area contributed by atoms with Gasteiger partial charge in [0, 0.05) is 5.39 Å². The first-order valence-electron chi connectivity index (χ1n) is 5.12. The summed E-state index contributed by atoms with van der Waals surface area (Å²) in [4.78, 5) is 12.1. The molecule has 2 heterocycles. The molecule has 0 unspecified atom stereocenters. The summed E-state index contributed by atoms with van der Waals surface area (Å²) in [5.74, 6) is -0.687. The lowest BCUT2D eigenvalue weighted by atomic mass is 10.1. The molecule has 3 nitrogen and oxygen atoms in total. The van der Waals surface area contributed by atoms with Crippen LogP contribution >= 0.6 is 11.6 Å². The van der Waals surface area contributed by atoms with Crippen molar-refractivity contribution in [3.63, 3.8) is 0 Å². The Hall–Kier alpha value is -2.07. The predicted molar refractivity (Wildman–Crippen MR) is 63.3 cm³/mol. The van der Waals surface area contributed by atoms with Gasteiger partial charge in [0.25, 0.3) is 0 Å². The average molecular weight is 265 g/mol. The van der Waals surface area contributed by atoms with E-state index in [1.807, 2.05) is 0 Å². The van der Waals surface area contributed by atoms with Gasteiger partial charge in [-0.2, -0.15) is 0 Å². The standard InChI is InChI=1S/C13H6ClFO3/c14-13-9(3-4-17-13)12(16)11-6-7-5-8(15)1-2-10(7)18-11/h1-6H. The second-order valence-corrected chi connectivity index (χ2v) is 4.07. The number of ketones is 1. The molecule has 0 bridgehead atoms. The molecular formula is C13H6ClFO3. The molecule has 18 heavy (non-hydrogen) atoms. The molecule has 0 saturated heterocycles. The second kappa shape index (κ2) is 3.99. The van der Waals surface area contributed by atoms with Gasteiger partial charge in [-0.15, -0.1) is 0 Å².